The van der Waals surface area contributed by atoms with Crippen molar-refractivity contribution in [2.24, 2.45) is 0 Å². The molecule has 0 aromatic heterocycles. The van der Waals surface area contributed by atoms with Gasteiger partial charge < -0.3 is 4.55 Å². The van der Waals surface area contributed by atoms with E-state index in [1.165, 1.54) is 0 Å². The monoisotopic (exact) mass is 126 g/mol. The van der Waals surface area contributed by atoms with Crippen LogP contribution in [-0.2, 0) is 9.60 Å². The van der Waals surface area contributed by atoms with E-state index < -0.39 is 9.60 Å². The Balaban J connectivity index is 0. The normalized spacial score (nSPS) is 7.20. The van der Waals surface area contributed by atoms with Crippen LogP contribution in [0.5, 0.6) is 0 Å². The zero-order chi connectivity index (χ0) is 3.58. The van der Waals surface area contributed by atoms with Crippen LogP contribution in [0.15, 0.2) is 0 Å². The van der Waals surface area contributed by atoms with Gasteiger partial charge in [-0.25, -0.2) is 0 Å². The summed E-state index contributed by atoms with van der Waals surface area (Å²) in [5.41, 5.74) is 0. The molecule has 0 N–H and O–H groups in total. The summed E-state index contributed by atoms with van der Waals surface area (Å²) in [4.78, 5) is 0. The van der Waals surface area contributed by atoms with Gasteiger partial charge in [0.25, 0.3) is 0 Å². The molecule has 5 heteroatoms. The Bertz CT molecular complexity index is 14.4. The molecule has 0 aliphatic carbocycles. The van der Waals surface area contributed by atoms with Gasteiger partial charge in [-0.3, -0.25) is 0 Å². The second-order valence-corrected chi connectivity index (χ2v) is 2.71. The van der Waals surface area contributed by atoms with E-state index in [-0.39, 0.29) is 18.9 Å². The minimum absolute atomic E-state index is 0. The minimum atomic E-state index is -1.67. The quantitative estimate of drug-likeness (QED) is 0.341. The van der Waals surface area contributed by atoms with E-state index in [1.807, 2.05) is 0 Å². The molecule has 0 saturated carbocycles. The molecule has 1 nitrogen and oxygen atoms in total. The third-order valence-electron chi connectivity index (χ3n) is 0. The molecule has 0 unspecified atom stereocenters. The number of rotatable bonds is 0. The largest absolute Gasteiger partial charge is 0.582 e. The number of hydrogen-bond donors (Lipinski definition) is 0. The van der Waals surface area contributed by atoms with Crippen LogP contribution in [0, 0.1) is 0 Å². The molecule has 28 valence electrons. The van der Waals surface area contributed by atoms with E-state index in [2.05, 4.69) is 21.4 Å². The van der Waals surface area contributed by atoms with E-state index >= 15 is 0 Å². The van der Waals surface area contributed by atoms with Crippen molar-refractivity contribution in [3.8, 4) is 0 Å². The van der Waals surface area contributed by atoms with Crippen molar-refractivity contribution in [2.45, 2.75) is 0 Å². The fourth-order valence-corrected chi connectivity index (χ4v) is 0. The van der Waals surface area contributed by atoms with Gasteiger partial charge in [-0.05, 0) is 0 Å². The summed E-state index contributed by atoms with van der Waals surface area (Å²) < 4.78 is 9.09. The Morgan fingerprint density at radius 3 is 1.40 bits per heavy atom. The summed E-state index contributed by atoms with van der Waals surface area (Å²) in [7, 11) is 7.36. The molecule has 0 amide bonds. The van der Waals surface area contributed by atoms with E-state index in [0.29, 0.717) is 0 Å². The topological polar surface area (TPSA) is 23.1 Å². The molecule has 0 aliphatic rings. The van der Waals surface area contributed by atoms with E-state index in [0.717, 1.165) is 0 Å². The maximum Gasteiger partial charge on any atom is 0.198 e. The van der Waals surface area contributed by atoms with Crippen molar-refractivity contribution in [1.29, 1.82) is 0 Å². The van der Waals surface area contributed by atoms with Crippen LogP contribution in [0.3, 0.4) is 0 Å². The first-order chi connectivity index (χ1) is 1.73. The molecular formula is HCl2LiOS. The van der Waals surface area contributed by atoms with Gasteiger partial charge in [-0.1, -0.05) is 0 Å². The van der Waals surface area contributed by atoms with Crippen molar-refractivity contribution >= 4 is 49.8 Å². The fraction of sp³-hybridized carbons (Fsp3) is 0. The standard InChI is InChI=1S/Cl2OS.Li.H/c1-4(2)3;;. The van der Waals surface area contributed by atoms with Gasteiger partial charge in [0.1, 0.15) is 0 Å². The molecule has 0 aromatic carbocycles. The third-order valence-corrected chi connectivity index (χ3v) is 0. The van der Waals surface area contributed by atoms with Crippen molar-refractivity contribution < 1.29 is 4.55 Å². The van der Waals surface area contributed by atoms with Gasteiger partial charge in [0, 0.05) is 0 Å². The van der Waals surface area contributed by atoms with Crippen LogP contribution >= 0.6 is 21.4 Å². The third kappa shape index (κ3) is 30.2. The molecule has 0 bridgehead atoms. The summed E-state index contributed by atoms with van der Waals surface area (Å²) >= 11 is 0. The van der Waals surface area contributed by atoms with E-state index in [1.54, 1.807) is 0 Å². The minimum Gasteiger partial charge on any atom is -0.582 e. The van der Waals surface area contributed by atoms with Crippen LogP contribution in [0.4, 0.5) is 0 Å². The van der Waals surface area contributed by atoms with Crippen molar-refractivity contribution in [2.75, 3.05) is 0 Å². The predicted molar refractivity (Wildman–Crippen MR) is 27.0 cm³/mol. The zero-order valence-corrected chi connectivity index (χ0v) is 3.90. The molecule has 0 spiro atoms. The van der Waals surface area contributed by atoms with Gasteiger partial charge in [-0.15, -0.1) is 0 Å². The molecule has 5 heavy (non-hydrogen) atoms. The molecular weight excluding hydrogens is 126 g/mol. The van der Waals surface area contributed by atoms with E-state index in [4.69, 9.17) is 4.55 Å². The first kappa shape index (κ1) is 9.70. The Morgan fingerprint density at radius 2 is 1.40 bits per heavy atom. The molecule has 0 fully saturated rings. The molecule has 0 aromatic rings. The molecule has 0 saturated heterocycles. The second kappa shape index (κ2) is 5.49. The van der Waals surface area contributed by atoms with Crippen molar-refractivity contribution in [3.63, 3.8) is 0 Å². The second-order valence-electron chi connectivity index (χ2n) is 0.184. The molecule has 0 heterocycles. The van der Waals surface area contributed by atoms with Crippen molar-refractivity contribution in [1.82, 2.24) is 0 Å². The predicted octanol–water partition coefficient (Wildman–Crippen LogP) is 0.394. The summed E-state index contributed by atoms with van der Waals surface area (Å²) in [5, 5.41) is 0. The smallest absolute Gasteiger partial charge is 0.198 e. The van der Waals surface area contributed by atoms with Gasteiger partial charge in [0.2, 0.25) is 0 Å². The Morgan fingerprint density at radius 1 is 1.40 bits per heavy atom. The molecule has 0 atom stereocenters. The number of hydrogen-bond acceptors (Lipinski definition) is 1. The molecule has 0 radical (unpaired) electrons. The average molecular weight is 127 g/mol. The molecule has 0 rings (SSSR count). The van der Waals surface area contributed by atoms with Crippen LogP contribution in [0.2, 0.25) is 0 Å². The maximum atomic E-state index is 9.09. The van der Waals surface area contributed by atoms with Crippen LogP contribution in [0.25, 0.3) is 0 Å². The van der Waals surface area contributed by atoms with Gasteiger partial charge in [-0.2, -0.15) is 0 Å². The Labute approximate surface area is 54.4 Å². The summed E-state index contributed by atoms with van der Waals surface area (Å²) in [6.07, 6.45) is 0. The number of halogens is 2. The van der Waals surface area contributed by atoms with Gasteiger partial charge in [0.15, 0.2) is 31.0 Å². The van der Waals surface area contributed by atoms with E-state index in [9.17, 15) is 0 Å². The maximum absolute atomic E-state index is 9.09. The Kier molecular flexibility index (Phi) is 10.6. The first-order valence-electron chi connectivity index (χ1n) is 0.475. The van der Waals surface area contributed by atoms with Gasteiger partial charge >= 0.3 is 18.9 Å². The molecule has 0 aliphatic heterocycles. The van der Waals surface area contributed by atoms with Crippen LogP contribution in [-0.4, -0.2) is 23.4 Å². The average Bonchev–Trinajstić information content (AvgIpc) is 0.811. The zero-order valence-electron chi connectivity index (χ0n) is 1.57. The van der Waals surface area contributed by atoms with Crippen molar-refractivity contribution in [3.05, 3.63) is 0 Å². The SMILES string of the molecule is [LiH].[O-][S+](Cl)Cl. The van der Waals surface area contributed by atoms with Crippen LogP contribution < -0.4 is 0 Å². The summed E-state index contributed by atoms with van der Waals surface area (Å²) in [5.74, 6) is 0. The Hall–Kier alpha value is 1.49. The summed E-state index contributed by atoms with van der Waals surface area (Å²) in [6, 6.07) is 0. The van der Waals surface area contributed by atoms with Crippen LogP contribution in [0.1, 0.15) is 0 Å². The first-order valence-corrected chi connectivity index (χ1v) is 3.28. The fourth-order valence-electron chi connectivity index (χ4n) is 0. The van der Waals surface area contributed by atoms with Gasteiger partial charge in [0.05, 0.1) is 0 Å². The summed E-state index contributed by atoms with van der Waals surface area (Å²) in [6.45, 7) is 0.